The first-order chi connectivity index (χ1) is 10.3. The van der Waals surface area contributed by atoms with Gasteiger partial charge in [-0.15, -0.1) is 0 Å². The third-order valence-corrected chi connectivity index (χ3v) is 3.66. The van der Waals surface area contributed by atoms with Crippen LogP contribution in [0.25, 0.3) is 0 Å². The fraction of sp³-hybridized carbons (Fsp3) is 0.647. The summed E-state index contributed by atoms with van der Waals surface area (Å²) in [6, 6.07) is 4.06. The van der Waals surface area contributed by atoms with Crippen LogP contribution in [0.1, 0.15) is 38.4 Å². The Morgan fingerprint density at radius 1 is 1.39 bits per heavy atom. The molecule has 0 saturated carbocycles. The number of carbonyl (C=O) groups excluding carboxylic acids is 1. The summed E-state index contributed by atoms with van der Waals surface area (Å²) >= 11 is 0. The number of aromatic nitrogens is 1. The molecule has 1 aromatic rings. The zero-order valence-corrected chi connectivity index (χ0v) is 15.7. The van der Waals surface area contributed by atoms with Crippen molar-refractivity contribution < 1.29 is 14.3 Å². The first-order valence-electron chi connectivity index (χ1n) is 7.76. The number of ether oxygens (including phenoxy) is 2. The smallest absolute Gasteiger partial charge is 0.410 e. The zero-order valence-electron chi connectivity index (χ0n) is 14.7. The summed E-state index contributed by atoms with van der Waals surface area (Å²) in [5.74, 6) is 1.11. The molecule has 1 aliphatic heterocycles. The Labute approximate surface area is 145 Å². The lowest BCUT2D eigenvalue weighted by Crippen LogP contribution is -2.35. The molecule has 1 saturated heterocycles. The third-order valence-electron chi connectivity index (χ3n) is 3.66. The monoisotopic (exact) mass is 340 g/mol. The van der Waals surface area contributed by atoms with E-state index < -0.39 is 5.60 Å². The van der Waals surface area contributed by atoms with Crippen molar-refractivity contribution in [3.05, 3.63) is 23.4 Å². The SMILES string of the molecule is COc1cc(CC2CCN(C(=O)OC(C)(C)C)C2)cc(C)n1.S. The number of hydrogen-bond donors (Lipinski definition) is 0. The largest absolute Gasteiger partial charge is 0.481 e. The predicted octanol–water partition coefficient (Wildman–Crippen LogP) is 3.31. The van der Waals surface area contributed by atoms with E-state index in [0.717, 1.165) is 31.6 Å². The molecule has 23 heavy (non-hydrogen) atoms. The van der Waals surface area contributed by atoms with E-state index in [9.17, 15) is 4.79 Å². The number of pyridine rings is 1. The van der Waals surface area contributed by atoms with Crippen LogP contribution in [0.3, 0.4) is 0 Å². The topological polar surface area (TPSA) is 51.7 Å². The number of hydrogen-bond acceptors (Lipinski definition) is 4. The minimum atomic E-state index is -0.440. The van der Waals surface area contributed by atoms with E-state index in [1.54, 1.807) is 12.0 Å². The van der Waals surface area contributed by atoms with E-state index in [1.165, 1.54) is 5.56 Å². The van der Waals surface area contributed by atoms with Crippen LogP contribution < -0.4 is 4.74 Å². The molecule has 1 amide bonds. The van der Waals surface area contributed by atoms with Gasteiger partial charge in [0.05, 0.1) is 7.11 Å². The lowest BCUT2D eigenvalue weighted by Gasteiger charge is -2.24. The lowest BCUT2D eigenvalue weighted by atomic mass is 9.99. The van der Waals surface area contributed by atoms with Crippen molar-refractivity contribution in [3.8, 4) is 5.88 Å². The summed E-state index contributed by atoms with van der Waals surface area (Å²) in [4.78, 5) is 18.2. The summed E-state index contributed by atoms with van der Waals surface area (Å²) in [6.07, 6.45) is 1.72. The van der Waals surface area contributed by atoms with Crippen LogP contribution in [0.4, 0.5) is 4.79 Å². The molecule has 0 spiro atoms. The molecule has 1 fully saturated rings. The Bertz CT molecular complexity index is 543. The maximum Gasteiger partial charge on any atom is 0.410 e. The van der Waals surface area contributed by atoms with E-state index in [-0.39, 0.29) is 19.6 Å². The molecular formula is C17H28N2O3S. The number of rotatable bonds is 3. The fourth-order valence-corrected chi connectivity index (χ4v) is 2.75. The average Bonchev–Trinajstić information content (AvgIpc) is 2.84. The van der Waals surface area contributed by atoms with Crippen molar-refractivity contribution in [2.24, 2.45) is 5.92 Å². The van der Waals surface area contributed by atoms with Crippen molar-refractivity contribution in [2.75, 3.05) is 20.2 Å². The highest BCUT2D eigenvalue weighted by molar-refractivity contribution is 7.59. The number of nitrogens with zero attached hydrogens (tertiary/aromatic N) is 2. The molecule has 1 atom stereocenters. The van der Waals surface area contributed by atoms with Crippen molar-refractivity contribution in [2.45, 2.75) is 46.1 Å². The molecule has 0 aromatic carbocycles. The third kappa shape index (κ3) is 5.94. The molecule has 1 aromatic heterocycles. The van der Waals surface area contributed by atoms with Gasteiger partial charge in [0.25, 0.3) is 0 Å². The van der Waals surface area contributed by atoms with Crippen LogP contribution >= 0.6 is 13.5 Å². The highest BCUT2D eigenvalue weighted by atomic mass is 32.1. The van der Waals surface area contributed by atoms with Gasteiger partial charge in [-0.05, 0) is 58.1 Å². The fourth-order valence-electron chi connectivity index (χ4n) is 2.75. The van der Waals surface area contributed by atoms with Gasteiger partial charge in [-0.25, -0.2) is 9.78 Å². The minimum Gasteiger partial charge on any atom is -0.481 e. The standard InChI is InChI=1S/C17H26N2O3.H2S/c1-12-8-14(10-15(18-12)21-5)9-13-6-7-19(11-13)16(20)22-17(2,3)4;/h8,10,13H,6-7,9,11H2,1-5H3;1H2. The first-order valence-corrected chi connectivity index (χ1v) is 7.76. The van der Waals surface area contributed by atoms with E-state index >= 15 is 0 Å². The van der Waals surface area contributed by atoms with Crippen molar-refractivity contribution in [1.29, 1.82) is 0 Å². The molecule has 1 unspecified atom stereocenters. The first kappa shape index (κ1) is 19.6. The molecule has 130 valence electrons. The Morgan fingerprint density at radius 2 is 2.09 bits per heavy atom. The summed E-state index contributed by atoms with van der Waals surface area (Å²) in [5.41, 5.74) is 1.72. The van der Waals surface area contributed by atoms with E-state index in [0.29, 0.717) is 11.8 Å². The Balaban J connectivity index is 0.00000264. The second-order valence-corrected chi connectivity index (χ2v) is 6.94. The molecule has 0 N–H and O–H groups in total. The summed E-state index contributed by atoms with van der Waals surface area (Å²) in [7, 11) is 1.63. The molecule has 6 heteroatoms. The zero-order chi connectivity index (χ0) is 16.3. The summed E-state index contributed by atoms with van der Waals surface area (Å²) in [6.45, 7) is 9.16. The van der Waals surface area contributed by atoms with E-state index in [4.69, 9.17) is 9.47 Å². The molecule has 2 heterocycles. The molecule has 0 radical (unpaired) electrons. The van der Waals surface area contributed by atoms with Gasteiger partial charge in [-0.3, -0.25) is 0 Å². The molecule has 0 bridgehead atoms. The highest BCUT2D eigenvalue weighted by Gasteiger charge is 2.29. The van der Waals surface area contributed by atoms with Crippen LogP contribution in [0.5, 0.6) is 5.88 Å². The number of likely N-dealkylation sites (tertiary alicyclic amines) is 1. The normalized spacial score (nSPS) is 17.6. The Morgan fingerprint density at radius 3 is 2.70 bits per heavy atom. The van der Waals surface area contributed by atoms with Crippen LogP contribution in [0.2, 0.25) is 0 Å². The lowest BCUT2D eigenvalue weighted by molar-refractivity contribution is 0.0288. The predicted molar refractivity (Wildman–Crippen MR) is 95.5 cm³/mol. The number of amides is 1. The average molecular weight is 340 g/mol. The van der Waals surface area contributed by atoms with Crippen LogP contribution in [-0.2, 0) is 11.2 Å². The van der Waals surface area contributed by atoms with E-state index in [2.05, 4.69) is 11.1 Å². The second-order valence-electron chi connectivity index (χ2n) is 6.94. The van der Waals surface area contributed by atoms with Crippen molar-refractivity contribution in [1.82, 2.24) is 9.88 Å². The van der Waals surface area contributed by atoms with Crippen LogP contribution in [0, 0.1) is 12.8 Å². The molecule has 5 nitrogen and oxygen atoms in total. The second kappa shape index (κ2) is 7.90. The van der Waals surface area contributed by atoms with Gasteiger partial charge in [0.2, 0.25) is 5.88 Å². The van der Waals surface area contributed by atoms with Gasteiger partial charge >= 0.3 is 6.09 Å². The Hall–Kier alpha value is -1.43. The van der Waals surface area contributed by atoms with Gasteiger partial charge < -0.3 is 14.4 Å². The Kier molecular flexibility index (Phi) is 6.74. The number of methoxy groups -OCH3 is 1. The number of aryl methyl sites for hydroxylation is 1. The molecule has 2 rings (SSSR count). The number of carbonyl (C=O) groups is 1. The highest BCUT2D eigenvalue weighted by Crippen LogP contribution is 2.24. The van der Waals surface area contributed by atoms with Crippen LogP contribution in [-0.4, -0.2) is 41.8 Å². The van der Waals surface area contributed by atoms with Gasteiger partial charge in [0.1, 0.15) is 5.60 Å². The molecular weight excluding hydrogens is 312 g/mol. The van der Waals surface area contributed by atoms with Crippen LogP contribution in [0.15, 0.2) is 12.1 Å². The van der Waals surface area contributed by atoms with Crippen molar-refractivity contribution >= 4 is 19.6 Å². The van der Waals surface area contributed by atoms with Gasteiger partial charge in [0, 0.05) is 24.8 Å². The summed E-state index contributed by atoms with van der Waals surface area (Å²) in [5, 5.41) is 0. The molecule has 1 aliphatic rings. The maximum atomic E-state index is 12.1. The minimum absolute atomic E-state index is 0. The molecule has 0 aliphatic carbocycles. The summed E-state index contributed by atoms with van der Waals surface area (Å²) < 4.78 is 10.7. The van der Waals surface area contributed by atoms with Crippen molar-refractivity contribution in [3.63, 3.8) is 0 Å². The van der Waals surface area contributed by atoms with Gasteiger partial charge in [-0.1, -0.05) is 0 Å². The maximum absolute atomic E-state index is 12.1. The van der Waals surface area contributed by atoms with E-state index in [1.807, 2.05) is 33.8 Å². The van der Waals surface area contributed by atoms with Gasteiger partial charge in [0.15, 0.2) is 0 Å². The quantitative estimate of drug-likeness (QED) is 0.847. The van der Waals surface area contributed by atoms with Gasteiger partial charge in [-0.2, -0.15) is 13.5 Å².